The van der Waals surface area contributed by atoms with Crippen LogP contribution in [0.15, 0.2) is 85.1 Å². The zero-order valence-corrected chi connectivity index (χ0v) is 17.0. The molecule has 150 valence electrons. The first-order valence-electron chi connectivity index (χ1n) is 9.75. The van der Waals surface area contributed by atoms with Crippen molar-refractivity contribution >= 4 is 23.2 Å². The third kappa shape index (κ3) is 4.38. The van der Waals surface area contributed by atoms with E-state index in [1.165, 1.54) is 0 Å². The van der Waals surface area contributed by atoms with Gasteiger partial charge in [-0.1, -0.05) is 48.5 Å². The van der Waals surface area contributed by atoms with Gasteiger partial charge in [0.05, 0.1) is 17.8 Å². The Morgan fingerprint density at radius 2 is 1.70 bits per heavy atom. The molecule has 0 unspecified atom stereocenters. The molecule has 0 bridgehead atoms. The molecule has 0 fully saturated rings. The first-order valence-corrected chi connectivity index (χ1v) is 9.75. The summed E-state index contributed by atoms with van der Waals surface area (Å²) < 4.78 is 1.80. The number of anilines is 3. The average Bonchev–Trinajstić information content (AvgIpc) is 3.13. The Morgan fingerprint density at radius 3 is 2.37 bits per heavy atom. The van der Waals surface area contributed by atoms with Crippen molar-refractivity contribution in [1.29, 1.82) is 0 Å². The van der Waals surface area contributed by atoms with E-state index in [1.807, 2.05) is 91.7 Å². The predicted molar refractivity (Wildman–Crippen MR) is 119 cm³/mol. The standard InChI is InChI=1S/C24H23N5O/c1-18-15-23(29(27-18)17-19-9-5-3-6-10-19)26-24(30)20-13-14-22(25-16-20)28(2)21-11-7-4-8-12-21/h3-16H,17H2,1-2H3,(H,26,30). The lowest BCUT2D eigenvalue weighted by molar-refractivity contribution is 0.102. The van der Waals surface area contributed by atoms with E-state index >= 15 is 0 Å². The highest BCUT2D eigenvalue weighted by atomic mass is 16.1. The third-order valence-corrected chi connectivity index (χ3v) is 4.82. The minimum Gasteiger partial charge on any atom is -0.329 e. The number of nitrogens with one attached hydrogen (secondary N) is 1. The van der Waals surface area contributed by atoms with Crippen molar-refractivity contribution in [2.75, 3.05) is 17.3 Å². The van der Waals surface area contributed by atoms with Crippen LogP contribution < -0.4 is 10.2 Å². The van der Waals surface area contributed by atoms with Crippen molar-refractivity contribution in [3.05, 3.63) is 102 Å². The van der Waals surface area contributed by atoms with Gasteiger partial charge in [0.1, 0.15) is 11.6 Å². The molecule has 1 amide bonds. The van der Waals surface area contributed by atoms with Crippen molar-refractivity contribution < 1.29 is 4.79 Å². The summed E-state index contributed by atoms with van der Waals surface area (Å²) in [5.74, 6) is 1.21. The lowest BCUT2D eigenvalue weighted by Gasteiger charge is -2.18. The van der Waals surface area contributed by atoms with Crippen molar-refractivity contribution in [3.63, 3.8) is 0 Å². The summed E-state index contributed by atoms with van der Waals surface area (Å²) in [7, 11) is 1.95. The summed E-state index contributed by atoms with van der Waals surface area (Å²) in [5.41, 5.74) is 3.48. The molecule has 30 heavy (non-hydrogen) atoms. The second-order valence-electron chi connectivity index (χ2n) is 7.07. The molecule has 0 saturated carbocycles. The van der Waals surface area contributed by atoms with E-state index in [2.05, 4.69) is 15.4 Å². The number of carbonyl (C=O) groups is 1. The molecular formula is C24H23N5O. The Bertz CT molecular complexity index is 1120. The van der Waals surface area contributed by atoms with Crippen molar-refractivity contribution in [1.82, 2.24) is 14.8 Å². The molecule has 0 atom stereocenters. The third-order valence-electron chi connectivity index (χ3n) is 4.82. The summed E-state index contributed by atoms with van der Waals surface area (Å²) in [6.07, 6.45) is 1.59. The first kappa shape index (κ1) is 19.4. The van der Waals surface area contributed by atoms with Gasteiger partial charge in [-0.3, -0.25) is 4.79 Å². The zero-order chi connectivity index (χ0) is 20.9. The molecular weight excluding hydrogens is 374 g/mol. The van der Waals surface area contributed by atoms with Gasteiger partial charge in [-0.2, -0.15) is 5.10 Å². The van der Waals surface area contributed by atoms with E-state index in [0.717, 1.165) is 22.8 Å². The largest absolute Gasteiger partial charge is 0.329 e. The van der Waals surface area contributed by atoms with Crippen LogP contribution in [0.3, 0.4) is 0 Å². The van der Waals surface area contributed by atoms with Gasteiger partial charge in [0.2, 0.25) is 0 Å². The highest BCUT2D eigenvalue weighted by Gasteiger charge is 2.13. The second-order valence-corrected chi connectivity index (χ2v) is 7.07. The van der Waals surface area contributed by atoms with Crippen LogP contribution in [0.2, 0.25) is 0 Å². The van der Waals surface area contributed by atoms with Gasteiger partial charge in [0.15, 0.2) is 0 Å². The summed E-state index contributed by atoms with van der Waals surface area (Å²) >= 11 is 0. The highest BCUT2D eigenvalue weighted by molar-refractivity contribution is 6.03. The number of nitrogens with zero attached hydrogens (tertiary/aromatic N) is 4. The second kappa shape index (κ2) is 8.61. The fourth-order valence-electron chi connectivity index (χ4n) is 3.21. The van der Waals surface area contributed by atoms with Crippen LogP contribution in [-0.2, 0) is 6.54 Å². The molecule has 2 heterocycles. The number of rotatable bonds is 6. The smallest absolute Gasteiger partial charge is 0.258 e. The Kier molecular flexibility index (Phi) is 5.57. The van der Waals surface area contributed by atoms with Gasteiger partial charge in [-0.15, -0.1) is 0 Å². The number of aryl methyl sites for hydroxylation is 1. The Hall–Kier alpha value is -3.93. The molecule has 4 rings (SSSR count). The summed E-state index contributed by atoms with van der Waals surface area (Å²) in [4.78, 5) is 19.2. The van der Waals surface area contributed by atoms with Gasteiger partial charge >= 0.3 is 0 Å². The van der Waals surface area contributed by atoms with Crippen LogP contribution in [0.1, 0.15) is 21.6 Å². The number of benzene rings is 2. The number of aromatic nitrogens is 3. The van der Waals surface area contributed by atoms with Gasteiger partial charge < -0.3 is 10.2 Å². The first-order chi connectivity index (χ1) is 14.6. The molecule has 2 aromatic heterocycles. The van der Waals surface area contributed by atoms with E-state index in [-0.39, 0.29) is 5.91 Å². The van der Waals surface area contributed by atoms with Gasteiger partial charge in [-0.25, -0.2) is 9.67 Å². The van der Waals surface area contributed by atoms with Crippen molar-refractivity contribution in [2.45, 2.75) is 13.5 Å². The minimum absolute atomic E-state index is 0.217. The molecule has 1 N–H and O–H groups in total. The molecule has 0 radical (unpaired) electrons. The van der Waals surface area contributed by atoms with Crippen molar-refractivity contribution in [2.24, 2.45) is 0 Å². The number of hydrogen-bond acceptors (Lipinski definition) is 4. The Morgan fingerprint density at radius 1 is 1.00 bits per heavy atom. The SMILES string of the molecule is Cc1cc(NC(=O)c2ccc(N(C)c3ccccc3)nc2)n(Cc2ccccc2)n1. The molecule has 0 aliphatic heterocycles. The molecule has 0 aliphatic carbocycles. The number of pyridine rings is 1. The lowest BCUT2D eigenvalue weighted by Crippen LogP contribution is -2.17. The van der Waals surface area contributed by atoms with E-state index < -0.39 is 0 Å². The Balaban J connectivity index is 1.48. The molecule has 2 aromatic carbocycles. The molecule has 4 aromatic rings. The van der Waals surface area contributed by atoms with Crippen LogP contribution in [0, 0.1) is 6.92 Å². The van der Waals surface area contributed by atoms with Gasteiger partial charge in [0.25, 0.3) is 5.91 Å². The maximum Gasteiger partial charge on any atom is 0.258 e. The van der Waals surface area contributed by atoms with Crippen LogP contribution in [0.4, 0.5) is 17.3 Å². The summed E-state index contributed by atoms with van der Waals surface area (Å²) in [6.45, 7) is 2.50. The van der Waals surface area contributed by atoms with E-state index in [1.54, 1.807) is 16.9 Å². The number of para-hydroxylation sites is 1. The van der Waals surface area contributed by atoms with E-state index in [4.69, 9.17) is 0 Å². The topological polar surface area (TPSA) is 63.1 Å². The molecule has 6 nitrogen and oxygen atoms in total. The molecule has 6 heteroatoms. The summed E-state index contributed by atoms with van der Waals surface area (Å²) in [5, 5.41) is 7.46. The van der Waals surface area contributed by atoms with Gasteiger partial charge in [0, 0.05) is 25.0 Å². The van der Waals surface area contributed by atoms with Crippen LogP contribution in [0.5, 0.6) is 0 Å². The van der Waals surface area contributed by atoms with Crippen LogP contribution in [-0.4, -0.2) is 27.7 Å². The fraction of sp³-hybridized carbons (Fsp3) is 0.125. The van der Waals surface area contributed by atoms with Crippen LogP contribution in [0.25, 0.3) is 0 Å². The fourth-order valence-corrected chi connectivity index (χ4v) is 3.21. The van der Waals surface area contributed by atoms with E-state index in [9.17, 15) is 4.79 Å². The predicted octanol–water partition coefficient (Wildman–Crippen LogP) is 4.66. The van der Waals surface area contributed by atoms with Crippen LogP contribution >= 0.6 is 0 Å². The normalized spacial score (nSPS) is 10.6. The van der Waals surface area contributed by atoms with Gasteiger partial charge in [-0.05, 0) is 36.8 Å². The quantitative estimate of drug-likeness (QED) is 0.514. The molecule has 0 spiro atoms. The Labute approximate surface area is 175 Å². The van der Waals surface area contributed by atoms with E-state index in [0.29, 0.717) is 17.9 Å². The average molecular weight is 397 g/mol. The monoisotopic (exact) mass is 397 g/mol. The maximum absolute atomic E-state index is 12.8. The maximum atomic E-state index is 12.8. The number of carbonyl (C=O) groups excluding carboxylic acids is 1. The minimum atomic E-state index is -0.217. The molecule has 0 saturated heterocycles. The summed E-state index contributed by atoms with van der Waals surface area (Å²) in [6, 6.07) is 25.5. The highest BCUT2D eigenvalue weighted by Crippen LogP contribution is 2.21. The number of hydrogen-bond donors (Lipinski definition) is 1. The zero-order valence-electron chi connectivity index (χ0n) is 17.0. The number of amides is 1. The molecule has 0 aliphatic rings. The lowest BCUT2D eigenvalue weighted by atomic mass is 10.2. The van der Waals surface area contributed by atoms with Crippen molar-refractivity contribution in [3.8, 4) is 0 Å².